The van der Waals surface area contributed by atoms with E-state index in [-0.39, 0.29) is 16.7 Å². The number of carbonyl (C=O) groups is 1. The largest absolute Gasteiger partial charge is 0.457 e. The van der Waals surface area contributed by atoms with Crippen LogP contribution >= 0.6 is 11.8 Å². The van der Waals surface area contributed by atoms with Gasteiger partial charge in [0.25, 0.3) is 5.91 Å². The van der Waals surface area contributed by atoms with Crippen LogP contribution in [0.1, 0.15) is 45.8 Å². The van der Waals surface area contributed by atoms with Crippen LogP contribution in [0, 0.1) is 16.7 Å². The number of amidine groups is 1. The highest BCUT2D eigenvalue weighted by atomic mass is 32.2. The Kier molecular flexibility index (Phi) is 4.51. The number of nitrogens with one attached hydrogen (secondary N) is 1. The zero-order valence-electron chi connectivity index (χ0n) is 17.4. The molecule has 2 aromatic rings. The summed E-state index contributed by atoms with van der Waals surface area (Å²) in [4.78, 5) is 12.9. The summed E-state index contributed by atoms with van der Waals surface area (Å²) in [6.07, 6.45) is 5.20. The zero-order valence-corrected chi connectivity index (χ0v) is 18.3. The first-order valence-electron chi connectivity index (χ1n) is 10.4. The van der Waals surface area contributed by atoms with Gasteiger partial charge in [0.2, 0.25) is 0 Å². The van der Waals surface area contributed by atoms with Gasteiger partial charge in [-0.1, -0.05) is 51.1 Å². The molecule has 2 bridgehead atoms. The molecule has 3 aliphatic rings. The lowest BCUT2D eigenvalue weighted by Gasteiger charge is -2.34. The number of carbonyl (C=O) groups excluding carboxylic acids is 1. The van der Waals surface area contributed by atoms with Crippen LogP contribution in [0.2, 0.25) is 0 Å². The average molecular weight is 420 g/mol. The number of amides is 1. The van der Waals surface area contributed by atoms with Crippen molar-refractivity contribution in [3.05, 3.63) is 53.1 Å². The van der Waals surface area contributed by atoms with Gasteiger partial charge in [-0.2, -0.15) is 5.10 Å². The summed E-state index contributed by atoms with van der Waals surface area (Å²) in [6.45, 7) is 7.01. The Morgan fingerprint density at radius 3 is 2.63 bits per heavy atom. The quantitative estimate of drug-likeness (QED) is 0.512. The van der Waals surface area contributed by atoms with Crippen LogP contribution in [-0.4, -0.2) is 16.8 Å². The summed E-state index contributed by atoms with van der Waals surface area (Å²) >= 11 is 1.30. The minimum atomic E-state index is -0.170. The monoisotopic (exact) mass is 419 g/mol. The third kappa shape index (κ3) is 3.05. The Hall–Kier alpha value is -2.60. The fourth-order valence-electron chi connectivity index (χ4n) is 4.98. The molecule has 2 heterocycles. The summed E-state index contributed by atoms with van der Waals surface area (Å²) in [7, 11) is 0. The molecule has 1 N–H and O–H groups in total. The Morgan fingerprint density at radius 2 is 1.93 bits per heavy atom. The highest BCUT2D eigenvalue weighted by Gasteiger charge is 2.60. The van der Waals surface area contributed by atoms with Crippen molar-refractivity contribution < 1.29 is 9.21 Å². The van der Waals surface area contributed by atoms with E-state index in [0.717, 1.165) is 17.7 Å². The molecule has 5 nitrogen and oxygen atoms in total. The van der Waals surface area contributed by atoms with Gasteiger partial charge < -0.3 is 4.42 Å². The van der Waals surface area contributed by atoms with E-state index in [2.05, 4.69) is 36.3 Å². The Labute approximate surface area is 180 Å². The smallest absolute Gasteiger partial charge is 0.264 e. The second-order valence-electron chi connectivity index (χ2n) is 9.08. The molecule has 1 saturated heterocycles. The third-order valence-corrected chi connectivity index (χ3v) is 8.28. The molecule has 1 aromatic carbocycles. The van der Waals surface area contributed by atoms with E-state index in [1.54, 1.807) is 6.08 Å². The van der Waals surface area contributed by atoms with Gasteiger partial charge in [-0.15, -0.1) is 5.10 Å². The van der Waals surface area contributed by atoms with Crippen LogP contribution in [0.5, 0.6) is 0 Å². The minimum absolute atomic E-state index is 0.107. The molecule has 154 valence electrons. The van der Waals surface area contributed by atoms with Gasteiger partial charge in [0.1, 0.15) is 11.5 Å². The number of rotatable bonds is 3. The molecule has 3 fully saturated rings. The number of furan rings is 1. The molecule has 2 atom stereocenters. The number of hydrogen-bond acceptors (Lipinski definition) is 5. The maximum Gasteiger partial charge on any atom is 0.264 e. The van der Waals surface area contributed by atoms with E-state index in [4.69, 9.17) is 4.42 Å². The van der Waals surface area contributed by atoms with Crippen LogP contribution < -0.4 is 5.32 Å². The standard InChI is InChI=1S/C24H25N3O2S/c1-23(2)16-11-12-24(23,3)20(13-16)26-27-22-25-21(28)19(30-22)14-17-9-10-18(29-17)15-7-5-4-6-8-15/h4-10,14,16H,11-13H2,1-3H3,(H,25,27,28)/b19-14-,26-20+. The first kappa shape index (κ1) is 19.4. The predicted molar refractivity (Wildman–Crippen MR) is 122 cm³/mol. The van der Waals surface area contributed by atoms with Crippen LogP contribution in [0.4, 0.5) is 0 Å². The first-order valence-corrected chi connectivity index (χ1v) is 11.2. The summed E-state index contributed by atoms with van der Waals surface area (Å²) in [6, 6.07) is 13.7. The van der Waals surface area contributed by atoms with Crippen molar-refractivity contribution in [2.75, 3.05) is 0 Å². The lowest BCUT2D eigenvalue weighted by atomic mass is 9.70. The number of fused-ring (bicyclic) bond motifs is 2. The average Bonchev–Trinajstić information content (AvgIpc) is 3.43. The molecular formula is C24H25N3O2S. The normalized spacial score (nSPS) is 31.2. The highest BCUT2D eigenvalue weighted by Crippen LogP contribution is 2.64. The van der Waals surface area contributed by atoms with Gasteiger partial charge in [0, 0.05) is 22.8 Å². The predicted octanol–water partition coefficient (Wildman–Crippen LogP) is 5.71. The van der Waals surface area contributed by atoms with Gasteiger partial charge in [-0.05, 0) is 54.5 Å². The van der Waals surface area contributed by atoms with Crippen LogP contribution in [-0.2, 0) is 4.79 Å². The summed E-state index contributed by atoms with van der Waals surface area (Å²) < 4.78 is 5.89. The molecule has 1 amide bonds. The van der Waals surface area contributed by atoms with E-state index in [9.17, 15) is 4.79 Å². The molecule has 30 heavy (non-hydrogen) atoms. The fourth-order valence-corrected chi connectivity index (χ4v) is 5.73. The molecule has 2 aliphatic carbocycles. The zero-order chi connectivity index (χ0) is 20.9. The van der Waals surface area contributed by atoms with E-state index in [1.165, 1.54) is 30.3 Å². The first-order chi connectivity index (χ1) is 14.4. The van der Waals surface area contributed by atoms with E-state index < -0.39 is 0 Å². The molecule has 6 heteroatoms. The van der Waals surface area contributed by atoms with Crippen molar-refractivity contribution in [2.45, 2.75) is 40.0 Å². The van der Waals surface area contributed by atoms with Crippen LogP contribution in [0.25, 0.3) is 17.4 Å². The molecule has 5 rings (SSSR count). The summed E-state index contributed by atoms with van der Waals surface area (Å²) in [5.41, 5.74) is 2.54. The van der Waals surface area contributed by atoms with E-state index in [1.807, 2.05) is 42.5 Å². The van der Waals surface area contributed by atoms with E-state index in [0.29, 0.717) is 21.8 Å². The third-order valence-electron chi connectivity index (χ3n) is 7.38. The van der Waals surface area contributed by atoms with Crippen molar-refractivity contribution in [1.29, 1.82) is 0 Å². The molecule has 0 radical (unpaired) electrons. The van der Waals surface area contributed by atoms with Gasteiger partial charge in [0.15, 0.2) is 5.17 Å². The maximum atomic E-state index is 12.4. The van der Waals surface area contributed by atoms with Gasteiger partial charge in [-0.25, -0.2) is 0 Å². The van der Waals surface area contributed by atoms with Gasteiger partial charge >= 0.3 is 0 Å². The lowest BCUT2D eigenvalue weighted by molar-refractivity contribution is -0.115. The van der Waals surface area contributed by atoms with Crippen molar-refractivity contribution in [3.8, 4) is 11.3 Å². The molecule has 2 saturated carbocycles. The van der Waals surface area contributed by atoms with E-state index >= 15 is 0 Å². The Morgan fingerprint density at radius 1 is 1.13 bits per heavy atom. The number of thioether (sulfide) groups is 1. The van der Waals surface area contributed by atoms with Gasteiger partial charge in [-0.3, -0.25) is 10.1 Å². The van der Waals surface area contributed by atoms with Crippen LogP contribution in [0.3, 0.4) is 0 Å². The van der Waals surface area contributed by atoms with Crippen molar-refractivity contribution >= 4 is 34.6 Å². The molecule has 1 aliphatic heterocycles. The summed E-state index contributed by atoms with van der Waals surface area (Å²) in [5, 5.41) is 12.3. The molecule has 1 aromatic heterocycles. The SMILES string of the molecule is CC12CCC(C/C1=N\N=C1/NC(=O)/C(=C/c3ccc(-c4ccccc4)o3)S1)C2(C)C. The van der Waals surface area contributed by atoms with Crippen molar-refractivity contribution in [3.63, 3.8) is 0 Å². The summed E-state index contributed by atoms with van der Waals surface area (Å²) in [5.74, 6) is 1.93. The number of benzene rings is 1. The molecule has 0 spiro atoms. The second kappa shape index (κ2) is 6.98. The van der Waals surface area contributed by atoms with Gasteiger partial charge in [0.05, 0.1) is 4.91 Å². The number of hydrogen-bond donors (Lipinski definition) is 1. The minimum Gasteiger partial charge on any atom is -0.457 e. The maximum absolute atomic E-state index is 12.4. The number of nitrogens with zero attached hydrogens (tertiary/aromatic N) is 2. The fraction of sp³-hybridized carbons (Fsp3) is 0.375. The van der Waals surface area contributed by atoms with Crippen LogP contribution in [0.15, 0.2) is 62.0 Å². The molecule has 2 unspecified atom stereocenters. The lowest BCUT2D eigenvalue weighted by Crippen LogP contribution is -2.32. The highest BCUT2D eigenvalue weighted by molar-refractivity contribution is 8.18. The second-order valence-corrected chi connectivity index (χ2v) is 10.1. The topological polar surface area (TPSA) is 67.0 Å². The molecular weight excluding hydrogens is 394 g/mol. The van der Waals surface area contributed by atoms with Crippen molar-refractivity contribution in [2.24, 2.45) is 27.0 Å². The Balaban J connectivity index is 1.34. The van der Waals surface area contributed by atoms with Crippen molar-refractivity contribution in [1.82, 2.24) is 5.32 Å². The Bertz CT molecular complexity index is 1100.